The second kappa shape index (κ2) is 6.83. The molecule has 20 heavy (non-hydrogen) atoms. The Morgan fingerprint density at radius 1 is 1.30 bits per heavy atom. The van der Waals surface area contributed by atoms with Gasteiger partial charge in [0.25, 0.3) is 0 Å². The maximum atomic E-state index is 12.0. The van der Waals surface area contributed by atoms with Crippen molar-refractivity contribution in [1.82, 2.24) is 4.72 Å². The van der Waals surface area contributed by atoms with Crippen LogP contribution in [0.1, 0.15) is 45.4 Å². The summed E-state index contributed by atoms with van der Waals surface area (Å²) in [7, 11) is -3.73. The van der Waals surface area contributed by atoms with Crippen molar-refractivity contribution in [1.29, 1.82) is 0 Å². The molecular weight excluding hydrogens is 315 g/mol. The predicted octanol–water partition coefficient (Wildman–Crippen LogP) is 3.44. The third kappa shape index (κ3) is 6.18. The minimum Gasteiger partial charge on any atom is -0.212 e. The van der Waals surface area contributed by atoms with Crippen LogP contribution in [0.4, 0.5) is 13.2 Å². The van der Waals surface area contributed by atoms with E-state index in [1.54, 1.807) is 0 Å². The van der Waals surface area contributed by atoms with Gasteiger partial charge in [0.15, 0.2) is 0 Å². The highest BCUT2D eigenvalue weighted by atomic mass is 35.5. The van der Waals surface area contributed by atoms with E-state index >= 15 is 0 Å². The quantitative estimate of drug-likeness (QED) is 0.756. The predicted molar refractivity (Wildman–Crippen MR) is 73.3 cm³/mol. The topological polar surface area (TPSA) is 46.2 Å². The summed E-state index contributed by atoms with van der Waals surface area (Å²) in [6.45, 7) is 2.09. The molecule has 8 heteroatoms. The van der Waals surface area contributed by atoms with E-state index in [9.17, 15) is 21.6 Å². The fourth-order valence-corrected chi connectivity index (χ4v) is 4.40. The molecule has 1 saturated carbocycles. The van der Waals surface area contributed by atoms with Crippen LogP contribution in [0.15, 0.2) is 0 Å². The molecule has 1 aliphatic carbocycles. The summed E-state index contributed by atoms with van der Waals surface area (Å²) in [6.07, 6.45) is -2.81. The number of rotatable bonds is 6. The first-order valence-electron chi connectivity index (χ1n) is 6.72. The number of hydrogen-bond acceptors (Lipinski definition) is 2. The Labute approximate surface area is 123 Å². The van der Waals surface area contributed by atoms with E-state index in [1.165, 1.54) is 0 Å². The zero-order valence-electron chi connectivity index (χ0n) is 11.5. The van der Waals surface area contributed by atoms with Crippen molar-refractivity contribution >= 4 is 21.6 Å². The van der Waals surface area contributed by atoms with Crippen molar-refractivity contribution < 1.29 is 21.6 Å². The van der Waals surface area contributed by atoms with E-state index in [1.807, 2.05) is 0 Å². The zero-order chi connectivity index (χ0) is 15.4. The second-order valence-electron chi connectivity index (χ2n) is 5.74. The molecule has 1 N–H and O–H groups in total. The van der Waals surface area contributed by atoms with Gasteiger partial charge in [-0.05, 0) is 38.0 Å². The minimum atomic E-state index is -4.32. The molecule has 0 radical (unpaired) electrons. The summed E-state index contributed by atoms with van der Waals surface area (Å²) in [4.78, 5) is 0. The fraction of sp³-hybridized carbons (Fsp3) is 1.00. The zero-order valence-corrected chi connectivity index (χ0v) is 13.0. The number of hydrogen-bond donors (Lipinski definition) is 1. The van der Waals surface area contributed by atoms with Gasteiger partial charge in [0.1, 0.15) is 0 Å². The van der Waals surface area contributed by atoms with Crippen LogP contribution in [0.5, 0.6) is 0 Å². The van der Waals surface area contributed by atoms with E-state index < -0.39 is 40.3 Å². The Morgan fingerprint density at radius 3 is 2.30 bits per heavy atom. The molecule has 3 nitrogen and oxygen atoms in total. The monoisotopic (exact) mass is 335 g/mol. The van der Waals surface area contributed by atoms with Crippen LogP contribution in [0.3, 0.4) is 0 Å². The largest absolute Gasteiger partial charge is 0.389 e. The lowest BCUT2D eigenvalue weighted by Crippen LogP contribution is -2.52. The molecule has 0 unspecified atom stereocenters. The molecule has 0 spiro atoms. The summed E-state index contributed by atoms with van der Waals surface area (Å²) in [5.74, 6) is 0.167. The highest BCUT2D eigenvalue weighted by molar-refractivity contribution is 7.89. The lowest BCUT2D eigenvalue weighted by Gasteiger charge is -2.38. The molecule has 1 rings (SSSR count). The Bertz CT molecular complexity index is 403. The van der Waals surface area contributed by atoms with Gasteiger partial charge >= 0.3 is 6.18 Å². The molecule has 0 saturated heterocycles. The van der Waals surface area contributed by atoms with Gasteiger partial charge in [0, 0.05) is 17.8 Å². The minimum absolute atomic E-state index is 0.151. The van der Waals surface area contributed by atoms with E-state index in [0.29, 0.717) is 18.8 Å². The molecule has 120 valence electrons. The summed E-state index contributed by atoms with van der Waals surface area (Å²) >= 11 is 5.89. The van der Waals surface area contributed by atoms with Crippen LogP contribution in [-0.4, -0.2) is 31.8 Å². The van der Waals surface area contributed by atoms with Gasteiger partial charge in [-0.1, -0.05) is 6.92 Å². The summed E-state index contributed by atoms with van der Waals surface area (Å²) < 4.78 is 62.4. The number of nitrogens with one attached hydrogen (secondary N) is 1. The number of alkyl halides is 4. The molecule has 0 heterocycles. The standard InChI is InChI=1S/C12H21ClF3NO2S/c1-10-3-6-11(9-13,7-4-10)17-20(18,19)8-2-5-12(14,15)16/h10,17H,2-9H2,1H3. The molecule has 0 amide bonds. The normalized spacial score (nSPS) is 28.6. The SMILES string of the molecule is CC1CCC(CCl)(NS(=O)(=O)CCCC(F)(F)F)CC1. The number of sulfonamides is 1. The Morgan fingerprint density at radius 2 is 1.85 bits per heavy atom. The Kier molecular flexibility index (Phi) is 6.16. The first-order chi connectivity index (χ1) is 9.08. The lowest BCUT2D eigenvalue weighted by molar-refractivity contribution is -0.134. The molecule has 1 fully saturated rings. The maximum Gasteiger partial charge on any atom is 0.389 e. The van der Waals surface area contributed by atoms with E-state index in [-0.39, 0.29) is 5.88 Å². The van der Waals surface area contributed by atoms with Gasteiger partial charge in [0.05, 0.1) is 5.75 Å². The van der Waals surface area contributed by atoms with Gasteiger partial charge in [0.2, 0.25) is 10.0 Å². The molecule has 0 aromatic carbocycles. The third-order valence-corrected chi connectivity index (χ3v) is 5.81. The molecule has 1 aliphatic rings. The van der Waals surface area contributed by atoms with Crippen molar-refractivity contribution in [2.75, 3.05) is 11.6 Å². The fourth-order valence-electron chi connectivity index (χ4n) is 2.42. The van der Waals surface area contributed by atoms with E-state index in [2.05, 4.69) is 11.6 Å². The van der Waals surface area contributed by atoms with Crippen LogP contribution in [0.2, 0.25) is 0 Å². The molecule has 0 atom stereocenters. The van der Waals surface area contributed by atoms with Crippen LogP contribution in [0, 0.1) is 5.92 Å². The average Bonchev–Trinajstić information content (AvgIpc) is 2.30. The van der Waals surface area contributed by atoms with Crippen molar-refractivity contribution in [2.24, 2.45) is 5.92 Å². The van der Waals surface area contributed by atoms with Crippen LogP contribution >= 0.6 is 11.6 Å². The van der Waals surface area contributed by atoms with Gasteiger partial charge < -0.3 is 0 Å². The van der Waals surface area contributed by atoms with E-state index in [4.69, 9.17) is 11.6 Å². The second-order valence-corrected chi connectivity index (χ2v) is 7.85. The summed E-state index contributed by atoms with van der Waals surface area (Å²) in [6, 6.07) is 0. The smallest absolute Gasteiger partial charge is 0.212 e. The molecule has 0 aliphatic heterocycles. The van der Waals surface area contributed by atoms with Gasteiger partial charge in [-0.15, -0.1) is 11.6 Å². The molecular formula is C12H21ClF3NO2S. The van der Waals surface area contributed by atoms with Crippen LogP contribution in [0.25, 0.3) is 0 Å². The van der Waals surface area contributed by atoms with Gasteiger partial charge in [-0.25, -0.2) is 13.1 Å². The third-order valence-electron chi connectivity index (χ3n) is 3.73. The summed E-state index contributed by atoms with van der Waals surface area (Å²) in [5, 5.41) is 0. The first kappa shape index (κ1) is 18.0. The molecule has 0 bridgehead atoms. The van der Waals surface area contributed by atoms with Crippen molar-refractivity contribution in [3.8, 4) is 0 Å². The highest BCUT2D eigenvalue weighted by Crippen LogP contribution is 2.33. The lowest BCUT2D eigenvalue weighted by atomic mass is 9.79. The van der Waals surface area contributed by atoms with Gasteiger partial charge in [-0.2, -0.15) is 13.2 Å². The van der Waals surface area contributed by atoms with Crippen LogP contribution in [-0.2, 0) is 10.0 Å². The average molecular weight is 336 g/mol. The first-order valence-corrected chi connectivity index (χ1v) is 8.91. The van der Waals surface area contributed by atoms with Crippen molar-refractivity contribution in [3.05, 3.63) is 0 Å². The molecule has 0 aromatic rings. The summed E-state index contributed by atoms with van der Waals surface area (Å²) in [5.41, 5.74) is -0.689. The van der Waals surface area contributed by atoms with Crippen LogP contribution < -0.4 is 4.72 Å². The van der Waals surface area contributed by atoms with Gasteiger partial charge in [-0.3, -0.25) is 0 Å². The van der Waals surface area contributed by atoms with Crippen molar-refractivity contribution in [2.45, 2.75) is 57.2 Å². The van der Waals surface area contributed by atoms with Crippen molar-refractivity contribution in [3.63, 3.8) is 0 Å². The number of halogens is 4. The molecule has 0 aromatic heterocycles. The van der Waals surface area contributed by atoms with E-state index in [0.717, 1.165) is 12.8 Å². The highest BCUT2D eigenvalue weighted by Gasteiger charge is 2.37. The maximum absolute atomic E-state index is 12.0. The Balaban J connectivity index is 2.55. The Hall–Kier alpha value is -0.0100.